The van der Waals surface area contributed by atoms with E-state index in [-0.39, 0.29) is 10.7 Å². The first-order chi connectivity index (χ1) is 9.40. The first-order valence-corrected chi connectivity index (χ1v) is 8.32. The van der Waals surface area contributed by atoms with E-state index < -0.39 is 10.8 Å². The number of rotatable bonds is 3. The monoisotopic (exact) mass is 298 g/mol. The number of aryl methyl sites for hydroxylation is 1. The molecule has 0 bridgehead atoms. The van der Waals surface area contributed by atoms with Crippen LogP contribution in [0.2, 0.25) is 0 Å². The predicted molar refractivity (Wildman–Crippen MR) is 78.1 cm³/mol. The highest BCUT2D eigenvalue weighted by molar-refractivity contribution is 7.86. The van der Waals surface area contributed by atoms with Crippen molar-refractivity contribution in [2.24, 2.45) is 0 Å². The molecular weight excluding hydrogens is 276 g/mol. The smallest absolute Gasteiger partial charge is 0.276 e. The van der Waals surface area contributed by atoms with Gasteiger partial charge in [-0.05, 0) is 27.2 Å². The largest absolute Gasteiger partial charge is 0.335 e. The topological polar surface area (TPSA) is 68.1 Å². The van der Waals surface area contributed by atoms with Crippen LogP contribution < -0.4 is 0 Å². The van der Waals surface area contributed by atoms with E-state index in [4.69, 9.17) is 0 Å². The van der Waals surface area contributed by atoms with Gasteiger partial charge in [0.2, 0.25) is 0 Å². The average molecular weight is 298 g/mol. The molecule has 0 aromatic carbocycles. The van der Waals surface area contributed by atoms with E-state index in [0.29, 0.717) is 31.1 Å². The van der Waals surface area contributed by atoms with E-state index in [1.807, 2.05) is 27.7 Å². The minimum atomic E-state index is -0.883. The van der Waals surface area contributed by atoms with Gasteiger partial charge in [-0.15, -0.1) is 5.10 Å². The van der Waals surface area contributed by atoms with Gasteiger partial charge < -0.3 is 4.90 Å². The standard InChI is InChI=1S/C13H22N4O2S/c1-5-10-11(14-15-17(10)6-2)12(18)16-7-8-20(19)13(3,4)9-16/h5-9H2,1-4H3. The Labute approximate surface area is 122 Å². The van der Waals surface area contributed by atoms with Crippen LogP contribution in [0.25, 0.3) is 0 Å². The Morgan fingerprint density at radius 1 is 1.40 bits per heavy atom. The third kappa shape index (κ3) is 2.63. The summed E-state index contributed by atoms with van der Waals surface area (Å²) in [6.07, 6.45) is 0.727. The van der Waals surface area contributed by atoms with Gasteiger partial charge in [0.05, 0.1) is 10.4 Å². The van der Waals surface area contributed by atoms with E-state index in [1.165, 1.54) is 0 Å². The number of amides is 1. The van der Waals surface area contributed by atoms with Crippen LogP contribution >= 0.6 is 0 Å². The average Bonchev–Trinajstić information content (AvgIpc) is 2.83. The third-order valence-corrected chi connectivity index (χ3v) is 5.61. The molecule has 0 radical (unpaired) electrons. The lowest BCUT2D eigenvalue weighted by Gasteiger charge is -2.36. The van der Waals surface area contributed by atoms with Gasteiger partial charge in [-0.25, -0.2) is 4.68 Å². The molecule has 0 saturated carbocycles. The van der Waals surface area contributed by atoms with Crippen LogP contribution in [0.4, 0.5) is 0 Å². The van der Waals surface area contributed by atoms with Crippen LogP contribution in [0.1, 0.15) is 43.9 Å². The molecule has 1 fully saturated rings. The second-order valence-corrected chi connectivity index (χ2v) is 7.79. The quantitative estimate of drug-likeness (QED) is 0.829. The van der Waals surface area contributed by atoms with E-state index >= 15 is 0 Å². The normalized spacial score (nSPS) is 22.0. The van der Waals surface area contributed by atoms with Gasteiger partial charge in [-0.2, -0.15) is 0 Å². The maximum absolute atomic E-state index is 12.6. The van der Waals surface area contributed by atoms with Crippen molar-refractivity contribution in [3.63, 3.8) is 0 Å². The second kappa shape index (κ2) is 5.63. The highest BCUT2D eigenvalue weighted by atomic mass is 32.2. The van der Waals surface area contributed by atoms with Crippen LogP contribution in [-0.4, -0.2) is 53.6 Å². The van der Waals surface area contributed by atoms with E-state index in [2.05, 4.69) is 10.3 Å². The van der Waals surface area contributed by atoms with Crippen molar-refractivity contribution in [1.29, 1.82) is 0 Å². The summed E-state index contributed by atoms with van der Waals surface area (Å²) in [6, 6.07) is 0. The number of hydrogen-bond donors (Lipinski definition) is 0. The summed E-state index contributed by atoms with van der Waals surface area (Å²) >= 11 is 0. The molecule has 112 valence electrons. The van der Waals surface area contributed by atoms with E-state index in [0.717, 1.165) is 12.1 Å². The van der Waals surface area contributed by atoms with Gasteiger partial charge in [-0.3, -0.25) is 9.00 Å². The number of carbonyl (C=O) groups is 1. The minimum absolute atomic E-state index is 0.0914. The molecular formula is C13H22N4O2S. The maximum atomic E-state index is 12.6. The summed E-state index contributed by atoms with van der Waals surface area (Å²) in [7, 11) is -0.883. The Kier molecular flexibility index (Phi) is 4.27. The SMILES string of the molecule is CCc1c(C(=O)N2CCS(=O)C(C)(C)C2)nnn1CC. The van der Waals surface area contributed by atoms with Crippen molar-refractivity contribution in [2.45, 2.75) is 45.4 Å². The highest BCUT2D eigenvalue weighted by Gasteiger charge is 2.36. The van der Waals surface area contributed by atoms with Gasteiger partial charge in [0.15, 0.2) is 5.69 Å². The number of aromatic nitrogens is 3. The van der Waals surface area contributed by atoms with Gasteiger partial charge in [-0.1, -0.05) is 12.1 Å². The van der Waals surface area contributed by atoms with Gasteiger partial charge >= 0.3 is 0 Å². The summed E-state index contributed by atoms with van der Waals surface area (Å²) in [5.41, 5.74) is 1.32. The van der Waals surface area contributed by atoms with Crippen molar-refractivity contribution >= 4 is 16.7 Å². The lowest BCUT2D eigenvalue weighted by molar-refractivity contribution is 0.0738. The van der Waals surface area contributed by atoms with Crippen LogP contribution in [0.5, 0.6) is 0 Å². The molecule has 1 saturated heterocycles. The molecule has 1 atom stereocenters. The fraction of sp³-hybridized carbons (Fsp3) is 0.769. The van der Waals surface area contributed by atoms with Crippen LogP contribution in [0, 0.1) is 0 Å². The molecule has 0 N–H and O–H groups in total. The van der Waals surface area contributed by atoms with Crippen molar-refractivity contribution in [3.8, 4) is 0 Å². The van der Waals surface area contributed by atoms with E-state index in [9.17, 15) is 9.00 Å². The highest BCUT2D eigenvalue weighted by Crippen LogP contribution is 2.22. The fourth-order valence-electron chi connectivity index (χ4n) is 2.51. The van der Waals surface area contributed by atoms with Gasteiger partial charge in [0.25, 0.3) is 5.91 Å². The molecule has 0 aliphatic carbocycles. The molecule has 1 aliphatic heterocycles. The molecule has 1 aromatic heterocycles. The van der Waals surface area contributed by atoms with Crippen molar-refractivity contribution < 1.29 is 9.00 Å². The molecule has 7 heteroatoms. The first-order valence-electron chi connectivity index (χ1n) is 7.00. The van der Waals surface area contributed by atoms with Crippen LogP contribution in [0.3, 0.4) is 0 Å². The Morgan fingerprint density at radius 2 is 2.10 bits per heavy atom. The predicted octanol–water partition coefficient (Wildman–Crippen LogP) is 0.843. The molecule has 1 aliphatic rings. The van der Waals surface area contributed by atoms with Crippen molar-refractivity contribution in [2.75, 3.05) is 18.8 Å². The number of hydrogen-bond acceptors (Lipinski definition) is 4. The lowest BCUT2D eigenvalue weighted by Crippen LogP contribution is -2.52. The zero-order valence-electron chi connectivity index (χ0n) is 12.5. The molecule has 0 spiro atoms. The Balaban J connectivity index is 2.24. The summed E-state index contributed by atoms with van der Waals surface area (Å²) in [4.78, 5) is 14.4. The fourth-order valence-corrected chi connectivity index (χ4v) is 3.74. The zero-order valence-corrected chi connectivity index (χ0v) is 13.4. The maximum Gasteiger partial charge on any atom is 0.276 e. The van der Waals surface area contributed by atoms with Crippen molar-refractivity contribution in [1.82, 2.24) is 19.9 Å². The molecule has 1 unspecified atom stereocenters. The van der Waals surface area contributed by atoms with Crippen LogP contribution in [0.15, 0.2) is 0 Å². The minimum Gasteiger partial charge on any atom is -0.335 e. The van der Waals surface area contributed by atoms with Gasteiger partial charge in [0.1, 0.15) is 0 Å². The van der Waals surface area contributed by atoms with Crippen molar-refractivity contribution in [3.05, 3.63) is 11.4 Å². The number of carbonyl (C=O) groups excluding carboxylic acids is 1. The summed E-state index contributed by atoms with van der Waals surface area (Å²) in [6.45, 7) is 9.58. The number of nitrogens with zero attached hydrogens (tertiary/aromatic N) is 4. The Morgan fingerprint density at radius 3 is 2.65 bits per heavy atom. The molecule has 1 aromatic rings. The second-order valence-electron chi connectivity index (χ2n) is 5.59. The summed E-state index contributed by atoms with van der Waals surface area (Å²) in [5.74, 6) is 0.439. The molecule has 2 rings (SSSR count). The molecule has 1 amide bonds. The molecule has 2 heterocycles. The molecule has 6 nitrogen and oxygen atoms in total. The summed E-state index contributed by atoms with van der Waals surface area (Å²) in [5, 5.41) is 8.08. The Bertz CT molecular complexity index is 538. The Hall–Kier alpha value is -1.24. The van der Waals surface area contributed by atoms with E-state index in [1.54, 1.807) is 9.58 Å². The zero-order chi connectivity index (χ0) is 14.9. The van der Waals surface area contributed by atoms with Gasteiger partial charge in [0, 0.05) is 36.2 Å². The lowest BCUT2D eigenvalue weighted by atomic mass is 10.1. The summed E-state index contributed by atoms with van der Waals surface area (Å²) < 4.78 is 13.3. The first kappa shape index (κ1) is 15.2. The molecule has 20 heavy (non-hydrogen) atoms. The third-order valence-electron chi connectivity index (χ3n) is 3.70. The van der Waals surface area contributed by atoms with Crippen LogP contribution in [-0.2, 0) is 23.8 Å².